The van der Waals surface area contributed by atoms with Crippen LogP contribution in [0.25, 0.3) is 0 Å². The molecule has 1 atom stereocenters. The summed E-state index contributed by atoms with van der Waals surface area (Å²) in [5.74, 6) is 3.60. The van der Waals surface area contributed by atoms with E-state index in [0.717, 1.165) is 43.6 Å². The van der Waals surface area contributed by atoms with Gasteiger partial charge in [-0.3, -0.25) is 4.90 Å². The van der Waals surface area contributed by atoms with Crippen molar-refractivity contribution >= 4 is 5.82 Å². The number of piperidine rings is 1. The Hall–Kier alpha value is -1.99. The van der Waals surface area contributed by atoms with Gasteiger partial charge in [0.05, 0.1) is 6.54 Å². The molecule has 2 aromatic rings. The molecule has 1 fully saturated rings. The van der Waals surface area contributed by atoms with Crippen LogP contribution in [0.5, 0.6) is 0 Å². The quantitative estimate of drug-likeness (QED) is 0.785. The zero-order chi connectivity index (χ0) is 18.7. The molecule has 7 heteroatoms. The Morgan fingerprint density at radius 2 is 1.96 bits per heavy atom. The predicted molar refractivity (Wildman–Crippen MR) is 104 cm³/mol. The lowest BCUT2D eigenvalue weighted by Crippen LogP contribution is -2.35. The zero-order valence-corrected chi connectivity index (χ0v) is 16.7. The molecule has 0 spiro atoms. The fraction of sp³-hybridized carbons (Fsp3) is 0.632. The normalized spacial score (nSPS) is 18.5. The Labute approximate surface area is 156 Å². The van der Waals surface area contributed by atoms with Gasteiger partial charge in [0, 0.05) is 46.3 Å². The molecule has 1 aliphatic heterocycles. The van der Waals surface area contributed by atoms with Gasteiger partial charge in [0.15, 0.2) is 0 Å². The van der Waals surface area contributed by atoms with Crippen LogP contribution in [0.3, 0.4) is 0 Å². The van der Waals surface area contributed by atoms with Crippen LogP contribution in [0.1, 0.15) is 36.0 Å². The van der Waals surface area contributed by atoms with Gasteiger partial charge in [-0.25, -0.2) is 4.98 Å². The van der Waals surface area contributed by atoms with Crippen LogP contribution in [0.2, 0.25) is 0 Å². The molecule has 2 aromatic heterocycles. The maximum atomic E-state index is 4.53. The van der Waals surface area contributed by atoms with E-state index in [9.17, 15) is 0 Å². The smallest absolute Gasteiger partial charge is 0.146 e. The van der Waals surface area contributed by atoms with Gasteiger partial charge in [0.2, 0.25) is 0 Å². The van der Waals surface area contributed by atoms with Crippen LogP contribution in [0.15, 0.2) is 18.3 Å². The number of pyridine rings is 1. The Kier molecular flexibility index (Phi) is 5.88. The highest BCUT2D eigenvalue weighted by atomic mass is 15.3. The third kappa shape index (κ3) is 4.40. The van der Waals surface area contributed by atoms with E-state index in [0.29, 0.717) is 5.92 Å². The van der Waals surface area contributed by atoms with Crippen molar-refractivity contribution in [3.63, 3.8) is 0 Å². The van der Waals surface area contributed by atoms with Crippen molar-refractivity contribution in [2.45, 2.75) is 31.8 Å². The summed E-state index contributed by atoms with van der Waals surface area (Å²) in [6.07, 6.45) is 4.38. The lowest BCUT2D eigenvalue weighted by molar-refractivity contribution is 0.194. The molecule has 1 aliphatic rings. The largest absolute Gasteiger partial charge is 0.363 e. The lowest BCUT2D eigenvalue weighted by Gasteiger charge is -2.32. The number of hydrogen-bond acceptors (Lipinski definition) is 6. The number of nitrogens with zero attached hydrogens (tertiary/aromatic N) is 7. The fourth-order valence-corrected chi connectivity index (χ4v) is 3.59. The van der Waals surface area contributed by atoms with Crippen LogP contribution < -0.4 is 4.90 Å². The van der Waals surface area contributed by atoms with Crippen LogP contribution in [0.4, 0.5) is 5.82 Å². The molecule has 3 heterocycles. The van der Waals surface area contributed by atoms with E-state index in [1.54, 1.807) is 0 Å². The number of aromatic nitrogens is 4. The fourth-order valence-electron chi connectivity index (χ4n) is 3.59. The Bertz CT molecular complexity index is 705. The van der Waals surface area contributed by atoms with Crippen molar-refractivity contribution in [1.82, 2.24) is 29.5 Å². The maximum absolute atomic E-state index is 4.53. The van der Waals surface area contributed by atoms with E-state index in [1.165, 1.54) is 18.4 Å². The van der Waals surface area contributed by atoms with E-state index >= 15 is 0 Å². The molecule has 0 bridgehead atoms. The van der Waals surface area contributed by atoms with Gasteiger partial charge in [0.25, 0.3) is 0 Å². The number of likely N-dealkylation sites (tertiary alicyclic amines) is 1. The highest BCUT2D eigenvalue weighted by molar-refractivity contribution is 5.37. The van der Waals surface area contributed by atoms with E-state index in [4.69, 9.17) is 0 Å². The zero-order valence-electron chi connectivity index (χ0n) is 16.7. The second-order valence-corrected chi connectivity index (χ2v) is 7.76. The summed E-state index contributed by atoms with van der Waals surface area (Å²) in [6, 6.07) is 4.27. The molecule has 0 aromatic carbocycles. The molecule has 0 radical (unpaired) electrons. The molecule has 0 amide bonds. The Morgan fingerprint density at radius 1 is 1.15 bits per heavy atom. The summed E-state index contributed by atoms with van der Waals surface area (Å²) in [6.45, 7) is 3.93. The molecular formula is C19H31N7. The topological polar surface area (TPSA) is 53.3 Å². The Balaban J connectivity index is 1.65. The highest BCUT2D eigenvalue weighted by Gasteiger charge is 2.26. The van der Waals surface area contributed by atoms with Gasteiger partial charge in [-0.15, -0.1) is 10.2 Å². The van der Waals surface area contributed by atoms with Crippen LogP contribution in [0, 0.1) is 0 Å². The van der Waals surface area contributed by atoms with E-state index in [1.807, 2.05) is 25.2 Å². The van der Waals surface area contributed by atoms with E-state index < -0.39 is 0 Å². The standard InChI is InChI=1S/C19H31N7/c1-23(2)14-18-21-22-19(25(18)5)16-7-6-10-26(13-16)12-15-8-9-17(20-11-15)24(3)4/h8-9,11,16H,6-7,10,12-14H2,1-5H3/t16-/m0/s1. The molecule has 0 aliphatic carbocycles. The summed E-state index contributed by atoms with van der Waals surface area (Å²) >= 11 is 0. The molecule has 3 rings (SSSR count). The van der Waals surface area contributed by atoms with E-state index in [2.05, 4.69) is 62.8 Å². The molecule has 26 heavy (non-hydrogen) atoms. The molecule has 142 valence electrons. The minimum absolute atomic E-state index is 0.450. The van der Waals surface area contributed by atoms with E-state index in [-0.39, 0.29) is 0 Å². The summed E-state index contributed by atoms with van der Waals surface area (Å²) < 4.78 is 2.18. The first-order valence-electron chi connectivity index (χ1n) is 9.31. The first kappa shape index (κ1) is 18.8. The van der Waals surface area contributed by atoms with Crippen molar-refractivity contribution < 1.29 is 0 Å². The average molecular weight is 358 g/mol. The molecule has 0 saturated carbocycles. The second-order valence-electron chi connectivity index (χ2n) is 7.76. The monoisotopic (exact) mass is 357 g/mol. The van der Waals surface area contributed by atoms with Gasteiger partial charge in [-0.2, -0.15) is 0 Å². The van der Waals surface area contributed by atoms with Gasteiger partial charge in [0.1, 0.15) is 17.5 Å². The molecular weight excluding hydrogens is 326 g/mol. The van der Waals surface area contributed by atoms with Crippen molar-refractivity contribution in [2.24, 2.45) is 7.05 Å². The minimum atomic E-state index is 0.450. The van der Waals surface area contributed by atoms with Crippen molar-refractivity contribution in [1.29, 1.82) is 0 Å². The third-order valence-corrected chi connectivity index (χ3v) is 5.00. The minimum Gasteiger partial charge on any atom is -0.363 e. The maximum Gasteiger partial charge on any atom is 0.146 e. The van der Waals surface area contributed by atoms with Gasteiger partial charge < -0.3 is 14.4 Å². The van der Waals surface area contributed by atoms with Gasteiger partial charge in [-0.05, 0) is 45.1 Å². The van der Waals surface area contributed by atoms with Crippen molar-refractivity contribution in [3.8, 4) is 0 Å². The molecule has 0 N–H and O–H groups in total. The van der Waals surface area contributed by atoms with Gasteiger partial charge in [-0.1, -0.05) is 6.07 Å². The number of hydrogen-bond donors (Lipinski definition) is 0. The average Bonchev–Trinajstić information content (AvgIpc) is 2.96. The Morgan fingerprint density at radius 3 is 2.62 bits per heavy atom. The van der Waals surface area contributed by atoms with Crippen molar-refractivity contribution in [2.75, 3.05) is 46.2 Å². The lowest BCUT2D eigenvalue weighted by atomic mass is 9.97. The first-order valence-corrected chi connectivity index (χ1v) is 9.31. The molecule has 1 saturated heterocycles. The SMILES string of the molecule is CN(C)Cc1nnc([C@H]2CCCN(Cc3ccc(N(C)C)nc3)C2)n1C. The number of rotatable bonds is 6. The first-order chi connectivity index (χ1) is 12.4. The van der Waals surface area contributed by atoms with Crippen LogP contribution in [-0.4, -0.2) is 70.8 Å². The van der Waals surface area contributed by atoms with Crippen LogP contribution in [-0.2, 0) is 20.1 Å². The number of anilines is 1. The molecule has 7 nitrogen and oxygen atoms in total. The summed E-state index contributed by atoms with van der Waals surface area (Å²) in [7, 11) is 10.3. The predicted octanol–water partition coefficient (Wildman–Crippen LogP) is 1.72. The van der Waals surface area contributed by atoms with Crippen molar-refractivity contribution in [3.05, 3.63) is 35.5 Å². The highest BCUT2D eigenvalue weighted by Crippen LogP contribution is 2.27. The van der Waals surface area contributed by atoms with Gasteiger partial charge >= 0.3 is 0 Å². The summed E-state index contributed by atoms with van der Waals surface area (Å²) in [4.78, 5) is 11.2. The summed E-state index contributed by atoms with van der Waals surface area (Å²) in [5.41, 5.74) is 1.27. The third-order valence-electron chi connectivity index (χ3n) is 5.00. The van der Waals surface area contributed by atoms with Crippen LogP contribution >= 0.6 is 0 Å². The second kappa shape index (κ2) is 8.14. The summed E-state index contributed by atoms with van der Waals surface area (Å²) in [5, 5.41) is 8.91. The molecule has 0 unspecified atom stereocenters.